The van der Waals surface area contributed by atoms with Gasteiger partial charge >= 0.3 is 0 Å². The molecule has 1 aliphatic rings. The third-order valence-corrected chi connectivity index (χ3v) is 3.80. The molecular formula is C15H22N2O. The quantitative estimate of drug-likeness (QED) is 0.857. The Morgan fingerprint density at radius 2 is 2.17 bits per heavy atom. The van der Waals surface area contributed by atoms with Crippen molar-refractivity contribution >= 4 is 5.91 Å². The zero-order chi connectivity index (χ0) is 13.0. The van der Waals surface area contributed by atoms with Crippen molar-refractivity contribution in [3.05, 3.63) is 35.4 Å². The lowest BCUT2D eigenvalue weighted by molar-refractivity contribution is 0.0999. The minimum absolute atomic E-state index is 0.343. The number of benzene rings is 1. The third kappa shape index (κ3) is 3.33. The molecule has 18 heavy (non-hydrogen) atoms. The summed E-state index contributed by atoms with van der Waals surface area (Å²) in [5.41, 5.74) is 7.01. The Hall–Kier alpha value is -1.35. The Bertz CT molecular complexity index is 417. The first-order valence-corrected chi connectivity index (χ1v) is 6.78. The standard InChI is InChI=1S/C15H22N2O/c1-11-5-4-7-13(9-11)17-10-12-6-2-3-8-14(12)15(16)18/h2-3,6,8,11,13,17H,4-5,7,9-10H2,1H3,(H2,16,18). The smallest absolute Gasteiger partial charge is 0.249 e. The van der Waals surface area contributed by atoms with Crippen LogP contribution < -0.4 is 11.1 Å². The molecule has 2 rings (SSSR count). The van der Waals surface area contributed by atoms with Crippen molar-refractivity contribution in [2.75, 3.05) is 0 Å². The first-order chi connectivity index (χ1) is 8.66. The maximum Gasteiger partial charge on any atom is 0.249 e. The number of nitrogens with two attached hydrogens (primary N) is 1. The summed E-state index contributed by atoms with van der Waals surface area (Å²) in [5.74, 6) is 0.465. The Morgan fingerprint density at radius 1 is 1.39 bits per heavy atom. The van der Waals surface area contributed by atoms with E-state index in [9.17, 15) is 4.79 Å². The lowest BCUT2D eigenvalue weighted by Gasteiger charge is -2.27. The average Bonchev–Trinajstić information content (AvgIpc) is 2.37. The van der Waals surface area contributed by atoms with E-state index < -0.39 is 0 Å². The first-order valence-electron chi connectivity index (χ1n) is 6.78. The van der Waals surface area contributed by atoms with Crippen LogP contribution in [0.5, 0.6) is 0 Å². The minimum Gasteiger partial charge on any atom is -0.366 e. The summed E-state index contributed by atoms with van der Waals surface area (Å²) in [7, 11) is 0. The van der Waals surface area contributed by atoms with Crippen molar-refractivity contribution in [2.24, 2.45) is 11.7 Å². The van der Waals surface area contributed by atoms with Gasteiger partial charge < -0.3 is 11.1 Å². The van der Waals surface area contributed by atoms with Crippen LogP contribution in [-0.2, 0) is 6.54 Å². The molecule has 1 aliphatic carbocycles. The van der Waals surface area contributed by atoms with Crippen LogP contribution in [0.15, 0.2) is 24.3 Å². The van der Waals surface area contributed by atoms with Gasteiger partial charge in [-0.05, 0) is 30.4 Å². The summed E-state index contributed by atoms with van der Waals surface area (Å²) in [6, 6.07) is 8.15. The van der Waals surface area contributed by atoms with Gasteiger partial charge in [0.2, 0.25) is 5.91 Å². The van der Waals surface area contributed by atoms with Crippen LogP contribution in [0.4, 0.5) is 0 Å². The molecule has 0 heterocycles. The van der Waals surface area contributed by atoms with E-state index in [1.807, 2.05) is 18.2 Å². The molecule has 1 aromatic carbocycles. The van der Waals surface area contributed by atoms with Gasteiger partial charge in [0, 0.05) is 18.2 Å². The number of carbonyl (C=O) groups excluding carboxylic acids is 1. The fourth-order valence-electron chi connectivity index (χ4n) is 2.79. The van der Waals surface area contributed by atoms with Crippen LogP contribution in [0, 0.1) is 5.92 Å². The summed E-state index contributed by atoms with van der Waals surface area (Å²) < 4.78 is 0. The molecule has 1 aromatic rings. The number of hydrogen-bond donors (Lipinski definition) is 2. The van der Waals surface area contributed by atoms with E-state index in [0.29, 0.717) is 11.6 Å². The normalized spacial score (nSPS) is 23.8. The number of nitrogens with one attached hydrogen (secondary N) is 1. The van der Waals surface area contributed by atoms with Crippen molar-refractivity contribution < 1.29 is 4.79 Å². The van der Waals surface area contributed by atoms with Crippen LogP contribution >= 0.6 is 0 Å². The van der Waals surface area contributed by atoms with E-state index in [-0.39, 0.29) is 5.91 Å². The Balaban J connectivity index is 1.95. The van der Waals surface area contributed by atoms with Crippen LogP contribution in [0.3, 0.4) is 0 Å². The molecule has 2 unspecified atom stereocenters. The van der Waals surface area contributed by atoms with Crippen LogP contribution in [0.25, 0.3) is 0 Å². The van der Waals surface area contributed by atoms with E-state index in [2.05, 4.69) is 12.2 Å². The second kappa shape index (κ2) is 6.01. The molecule has 1 saturated carbocycles. The van der Waals surface area contributed by atoms with E-state index >= 15 is 0 Å². The topological polar surface area (TPSA) is 55.1 Å². The molecule has 3 heteroatoms. The summed E-state index contributed by atoms with van der Waals surface area (Å²) in [6.45, 7) is 3.04. The van der Waals surface area contributed by atoms with Gasteiger partial charge in [-0.3, -0.25) is 4.79 Å². The van der Waals surface area contributed by atoms with Crippen molar-refractivity contribution in [1.29, 1.82) is 0 Å². The van der Waals surface area contributed by atoms with Gasteiger partial charge in [-0.2, -0.15) is 0 Å². The lowest BCUT2D eigenvalue weighted by atomic mass is 9.87. The van der Waals surface area contributed by atoms with Gasteiger partial charge in [0.05, 0.1) is 0 Å². The van der Waals surface area contributed by atoms with E-state index in [4.69, 9.17) is 5.73 Å². The Morgan fingerprint density at radius 3 is 2.89 bits per heavy atom. The Labute approximate surface area is 109 Å². The number of hydrogen-bond acceptors (Lipinski definition) is 2. The molecule has 3 nitrogen and oxygen atoms in total. The highest BCUT2D eigenvalue weighted by Crippen LogP contribution is 2.23. The van der Waals surface area contributed by atoms with Gasteiger partial charge in [-0.25, -0.2) is 0 Å². The average molecular weight is 246 g/mol. The molecule has 1 amide bonds. The first kappa shape index (κ1) is 13.1. The van der Waals surface area contributed by atoms with Crippen LogP contribution in [0.2, 0.25) is 0 Å². The van der Waals surface area contributed by atoms with Crippen LogP contribution in [0.1, 0.15) is 48.5 Å². The summed E-state index contributed by atoms with van der Waals surface area (Å²) in [6.07, 6.45) is 5.12. The molecule has 3 N–H and O–H groups in total. The van der Waals surface area contributed by atoms with Crippen LogP contribution in [-0.4, -0.2) is 11.9 Å². The number of amides is 1. The second-order valence-electron chi connectivity index (χ2n) is 5.37. The molecule has 0 spiro atoms. The molecule has 0 saturated heterocycles. The predicted octanol–water partition coefficient (Wildman–Crippen LogP) is 2.45. The van der Waals surface area contributed by atoms with Gasteiger partial charge in [-0.15, -0.1) is 0 Å². The summed E-state index contributed by atoms with van der Waals surface area (Å²) >= 11 is 0. The fourth-order valence-corrected chi connectivity index (χ4v) is 2.79. The Kier molecular flexibility index (Phi) is 4.37. The molecule has 1 fully saturated rings. The SMILES string of the molecule is CC1CCCC(NCc2ccccc2C(N)=O)C1. The predicted molar refractivity (Wildman–Crippen MR) is 73.2 cm³/mol. The molecule has 0 bridgehead atoms. The highest BCUT2D eigenvalue weighted by molar-refractivity contribution is 5.94. The maximum absolute atomic E-state index is 11.3. The van der Waals surface area contributed by atoms with Crippen molar-refractivity contribution in [2.45, 2.75) is 45.2 Å². The van der Waals surface area contributed by atoms with Gasteiger partial charge in [0.15, 0.2) is 0 Å². The summed E-state index contributed by atoms with van der Waals surface area (Å²) in [5, 5.41) is 3.56. The van der Waals surface area contributed by atoms with E-state index in [0.717, 1.165) is 18.0 Å². The molecule has 0 aromatic heterocycles. The molecule has 2 atom stereocenters. The highest BCUT2D eigenvalue weighted by atomic mass is 16.1. The monoisotopic (exact) mass is 246 g/mol. The molecule has 98 valence electrons. The maximum atomic E-state index is 11.3. The molecule has 0 aliphatic heterocycles. The number of rotatable bonds is 4. The third-order valence-electron chi connectivity index (χ3n) is 3.80. The van der Waals surface area contributed by atoms with Gasteiger partial charge in [0.1, 0.15) is 0 Å². The van der Waals surface area contributed by atoms with Crippen molar-refractivity contribution in [3.63, 3.8) is 0 Å². The summed E-state index contributed by atoms with van der Waals surface area (Å²) in [4.78, 5) is 11.3. The van der Waals surface area contributed by atoms with Gasteiger partial charge in [0.25, 0.3) is 0 Å². The number of primary amides is 1. The fraction of sp³-hybridized carbons (Fsp3) is 0.533. The minimum atomic E-state index is -0.343. The second-order valence-corrected chi connectivity index (χ2v) is 5.37. The molecular weight excluding hydrogens is 224 g/mol. The lowest BCUT2D eigenvalue weighted by Crippen LogP contribution is -2.33. The molecule has 0 radical (unpaired) electrons. The zero-order valence-electron chi connectivity index (χ0n) is 11.0. The van der Waals surface area contributed by atoms with E-state index in [1.54, 1.807) is 6.07 Å². The van der Waals surface area contributed by atoms with Crippen molar-refractivity contribution in [1.82, 2.24) is 5.32 Å². The van der Waals surface area contributed by atoms with E-state index in [1.165, 1.54) is 25.7 Å². The largest absolute Gasteiger partial charge is 0.366 e. The highest BCUT2D eigenvalue weighted by Gasteiger charge is 2.18. The van der Waals surface area contributed by atoms with Crippen molar-refractivity contribution in [3.8, 4) is 0 Å². The van der Waals surface area contributed by atoms with Gasteiger partial charge in [-0.1, -0.05) is 38.0 Å². The zero-order valence-corrected chi connectivity index (χ0v) is 11.0. The number of carbonyl (C=O) groups is 1.